The molecule has 1 heterocycles. The summed E-state index contributed by atoms with van der Waals surface area (Å²) < 4.78 is 7.76. The van der Waals surface area contributed by atoms with Gasteiger partial charge in [0.05, 0.1) is 12.9 Å². The second-order valence-electron chi connectivity index (χ2n) is 4.26. The van der Waals surface area contributed by atoms with Crippen molar-refractivity contribution in [1.82, 2.24) is 9.55 Å². The number of imidazole rings is 1. The zero-order valence-corrected chi connectivity index (χ0v) is 13.3. The van der Waals surface area contributed by atoms with Crippen LogP contribution in [-0.4, -0.2) is 14.6 Å². The fourth-order valence-electron chi connectivity index (χ4n) is 1.79. The molecule has 0 N–H and O–H groups in total. The maximum atomic E-state index is 6.26. The quantitative estimate of drug-likeness (QED) is 0.745. The molecule has 0 saturated carbocycles. The predicted molar refractivity (Wildman–Crippen MR) is 85.4 cm³/mol. The Bertz CT molecular complexity index is 587. The van der Waals surface area contributed by atoms with Crippen LogP contribution in [0, 0.1) is 0 Å². The molecule has 2 rings (SSSR count). The summed E-state index contributed by atoms with van der Waals surface area (Å²) >= 11 is 17.4. The molecule has 0 saturated heterocycles. The first-order chi connectivity index (χ1) is 9.60. The van der Waals surface area contributed by atoms with Gasteiger partial charge in [-0.05, 0) is 24.4 Å². The van der Waals surface area contributed by atoms with Crippen molar-refractivity contribution in [3.63, 3.8) is 0 Å². The van der Waals surface area contributed by atoms with Crippen molar-refractivity contribution in [1.29, 1.82) is 0 Å². The Balaban J connectivity index is 2.27. The van der Waals surface area contributed by atoms with E-state index in [9.17, 15) is 0 Å². The van der Waals surface area contributed by atoms with Gasteiger partial charge in [-0.15, -0.1) is 0 Å². The summed E-state index contributed by atoms with van der Waals surface area (Å²) in [5, 5.41) is 1.72. The minimum Gasteiger partial charge on any atom is -0.477 e. The molecule has 0 aliphatic carbocycles. The van der Waals surface area contributed by atoms with Gasteiger partial charge in [0.25, 0.3) is 0 Å². The topological polar surface area (TPSA) is 27.1 Å². The number of hydrogen-bond donors (Lipinski definition) is 0. The van der Waals surface area contributed by atoms with Gasteiger partial charge >= 0.3 is 0 Å². The fraction of sp³-hybridized carbons (Fsp3) is 0.286. The summed E-state index contributed by atoms with van der Waals surface area (Å²) in [4.78, 5) is 4.03. The SMILES string of the molecule is CCC(=S)OC(Cn1ccnc1)c1ccc(Cl)cc1Cl. The molecule has 0 aliphatic rings. The van der Waals surface area contributed by atoms with Crippen LogP contribution in [0.4, 0.5) is 0 Å². The van der Waals surface area contributed by atoms with E-state index < -0.39 is 0 Å². The molecule has 0 fully saturated rings. The van der Waals surface area contributed by atoms with Crippen molar-refractivity contribution >= 4 is 40.5 Å². The molecule has 0 radical (unpaired) electrons. The molecule has 0 amide bonds. The number of ether oxygens (including phenoxy) is 1. The van der Waals surface area contributed by atoms with Gasteiger partial charge in [0, 0.05) is 34.4 Å². The van der Waals surface area contributed by atoms with Crippen LogP contribution >= 0.6 is 35.4 Å². The number of halogens is 2. The lowest BCUT2D eigenvalue weighted by Crippen LogP contribution is -2.15. The molecule has 6 heteroatoms. The first kappa shape index (κ1) is 15.3. The predicted octanol–water partition coefficient (Wildman–Crippen LogP) is 4.69. The lowest BCUT2D eigenvalue weighted by molar-refractivity contribution is 0.171. The maximum absolute atomic E-state index is 6.26. The third kappa shape index (κ3) is 3.95. The van der Waals surface area contributed by atoms with Crippen LogP contribution in [-0.2, 0) is 11.3 Å². The minimum atomic E-state index is -0.263. The highest BCUT2D eigenvalue weighted by Crippen LogP contribution is 2.30. The van der Waals surface area contributed by atoms with Gasteiger partial charge in [-0.3, -0.25) is 0 Å². The van der Waals surface area contributed by atoms with Crippen LogP contribution < -0.4 is 0 Å². The average molecular weight is 329 g/mol. The van der Waals surface area contributed by atoms with Crippen LogP contribution in [0.5, 0.6) is 0 Å². The Morgan fingerprint density at radius 2 is 2.25 bits per heavy atom. The molecule has 20 heavy (non-hydrogen) atoms. The van der Waals surface area contributed by atoms with E-state index in [1.807, 2.05) is 23.8 Å². The molecule has 0 bridgehead atoms. The highest BCUT2D eigenvalue weighted by Gasteiger charge is 2.18. The van der Waals surface area contributed by atoms with Crippen molar-refractivity contribution in [3.05, 3.63) is 52.5 Å². The summed E-state index contributed by atoms with van der Waals surface area (Å²) in [6, 6.07) is 5.37. The summed E-state index contributed by atoms with van der Waals surface area (Å²) in [5.74, 6) is 0. The molecule has 2 aromatic rings. The monoisotopic (exact) mass is 328 g/mol. The molecular weight excluding hydrogens is 315 g/mol. The van der Waals surface area contributed by atoms with E-state index in [4.69, 9.17) is 40.2 Å². The van der Waals surface area contributed by atoms with E-state index in [0.717, 1.165) is 5.56 Å². The van der Waals surface area contributed by atoms with Gasteiger partial charge in [-0.1, -0.05) is 36.2 Å². The van der Waals surface area contributed by atoms with Crippen LogP contribution in [0.15, 0.2) is 36.9 Å². The van der Waals surface area contributed by atoms with E-state index in [2.05, 4.69) is 4.98 Å². The first-order valence-electron chi connectivity index (χ1n) is 6.20. The van der Waals surface area contributed by atoms with Crippen LogP contribution in [0.3, 0.4) is 0 Å². The maximum Gasteiger partial charge on any atom is 0.160 e. The molecule has 0 spiro atoms. The smallest absolute Gasteiger partial charge is 0.160 e. The van der Waals surface area contributed by atoms with Gasteiger partial charge in [0.15, 0.2) is 5.05 Å². The van der Waals surface area contributed by atoms with Gasteiger partial charge in [-0.2, -0.15) is 0 Å². The third-order valence-electron chi connectivity index (χ3n) is 2.81. The van der Waals surface area contributed by atoms with E-state index in [0.29, 0.717) is 28.1 Å². The Kier molecular flexibility index (Phi) is 5.40. The number of rotatable bonds is 5. The number of aromatic nitrogens is 2. The first-order valence-corrected chi connectivity index (χ1v) is 7.36. The second-order valence-corrected chi connectivity index (χ2v) is 5.56. The Morgan fingerprint density at radius 3 is 2.85 bits per heavy atom. The fourth-order valence-corrected chi connectivity index (χ4v) is 2.44. The van der Waals surface area contributed by atoms with Gasteiger partial charge in [0.1, 0.15) is 6.10 Å². The van der Waals surface area contributed by atoms with Gasteiger partial charge < -0.3 is 9.30 Å². The molecule has 1 aromatic heterocycles. The zero-order valence-electron chi connectivity index (χ0n) is 10.9. The summed E-state index contributed by atoms with van der Waals surface area (Å²) in [6.07, 6.45) is 5.74. The zero-order chi connectivity index (χ0) is 14.5. The van der Waals surface area contributed by atoms with E-state index >= 15 is 0 Å². The number of nitrogens with zero attached hydrogens (tertiary/aromatic N) is 2. The Hall–Kier alpha value is -1.10. The standard InChI is InChI=1S/C14H14Cl2N2OS/c1-2-14(20)19-13(8-18-6-5-17-9-18)11-4-3-10(15)7-12(11)16/h3-7,9,13H,2,8H2,1H3. The van der Waals surface area contributed by atoms with Crippen molar-refractivity contribution < 1.29 is 4.74 Å². The lowest BCUT2D eigenvalue weighted by Gasteiger charge is -2.21. The van der Waals surface area contributed by atoms with Crippen LogP contribution in [0.1, 0.15) is 25.0 Å². The van der Waals surface area contributed by atoms with E-state index in [1.165, 1.54) is 0 Å². The van der Waals surface area contributed by atoms with Crippen molar-refractivity contribution in [2.24, 2.45) is 0 Å². The van der Waals surface area contributed by atoms with Crippen LogP contribution in [0.25, 0.3) is 0 Å². The molecular formula is C14H14Cl2N2OS. The minimum absolute atomic E-state index is 0.263. The van der Waals surface area contributed by atoms with Crippen molar-refractivity contribution in [2.75, 3.05) is 0 Å². The highest BCUT2D eigenvalue weighted by molar-refractivity contribution is 7.80. The van der Waals surface area contributed by atoms with E-state index in [-0.39, 0.29) is 6.10 Å². The molecule has 3 nitrogen and oxygen atoms in total. The summed E-state index contributed by atoms with van der Waals surface area (Å²) in [5.41, 5.74) is 0.862. The molecule has 1 aromatic carbocycles. The summed E-state index contributed by atoms with van der Waals surface area (Å²) in [7, 11) is 0. The second kappa shape index (κ2) is 7.07. The van der Waals surface area contributed by atoms with Crippen LogP contribution in [0.2, 0.25) is 10.0 Å². The third-order valence-corrected chi connectivity index (χ3v) is 3.75. The largest absolute Gasteiger partial charge is 0.477 e. The Labute approximate surface area is 133 Å². The number of benzene rings is 1. The van der Waals surface area contributed by atoms with Gasteiger partial charge in [-0.25, -0.2) is 4.98 Å². The van der Waals surface area contributed by atoms with Crippen molar-refractivity contribution in [2.45, 2.75) is 26.0 Å². The summed E-state index contributed by atoms with van der Waals surface area (Å²) in [6.45, 7) is 2.54. The Morgan fingerprint density at radius 1 is 1.45 bits per heavy atom. The molecule has 1 atom stereocenters. The lowest BCUT2D eigenvalue weighted by atomic mass is 10.1. The molecule has 0 aliphatic heterocycles. The number of hydrogen-bond acceptors (Lipinski definition) is 3. The highest BCUT2D eigenvalue weighted by atomic mass is 35.5. The normalized spacial score (nSPS) is 12.2. The van der Waals surface area contributed by atoms with E-state index in [1.54, 1.807) is 24.7 Å². The van der Waals surface area contributed by atoms with Gasteiger partial charge in [0.2, 0.25) is 0 Å². The average Bonchev–Trinajstić information content (AvgIpc) is 2.91. The molecule has 106 valence electrons. The number of thiocarbonyl (C=S) groups is 1. The van der Waals surface area contributed by atoms with Crippen molar-refractivity contribution in [3.8, 4) is 0 Å². The molecule has 1 unspecified atom stereocenters.